The monoisotopic (exact) mass is 190 g/mol. The Morgan fingerprint density at radius 3 is 3.18 bits per heavy atom. The van der Waals surface area contributed by atoms with Crippen LogP contribution in [0.4, 0.5) is 0 Å². The van der Waals surface area contributed by atoms with Crippen LogP contribution < -0.4 is 5.32 Å². The van der Waals surface area contributed by atoms with E-state index in [2.05, 4.69) is 23.5 Å². The summed E-state index contributed by atoms with van der Waals surface area (Å²) in [5, 5.41) is 4.50. The van der Waals surface area contributed by atoms with Crippen molar-refractivity contribution < 1.29 is 0 Å². The summed E-state index contributed by atoms with van der Waals surface area (Å²) < 4.78 is 0. The van der Waals surface area contributed by atoms with Gasteiger partial charge in [0.25, 0.3) is 0 Å². The summed E-state index contributed by atoms with van der Waals surface area (Å²) in [7, 11) is 0. The molecular weight excluding hydrogens is 176 g/mol. The molecule has 0 aromatic rings. The normalized spacial score (nSPS) is 19.6. The van der Waals surface area contributed by atoms with E-state index in [9.17, 15) is 0 Å². The van der Waals surface area contributed by atoms with E-state index in [4.69, 9.17) is 0 Å². The van der Waals surface area contributed by atoms with Crippen molar-refractivity contribution in [3.8, 4) is 0 Å². The summed E-state index contributed by atoms with van der Waals surface area (Å²) in [4.78, 5) is 4.32. The van der Waals surface area contributed by atoms with Crippen LogP contribution in [0, 0.1) is 0 Å². The molecular formula is C7H14N2S2. The van der Waals surface area contributed by atoms with Gasteiger partial charge in [0.2, 0.25) is 0 Å². The molecule has 1 aliphatic heterocycles. The van der Waals surface area contributed by atoms with Gasteiger partial charge in [0.15, 0.2) is 5.17 Å². The molecule has 1 aliphatic rings. The van der Waals surface area contributed by atoms with E-state index >= 15 is 0 Å². The number of hydrogen-bond donors (Lipinski definition) is 1. The van der Waals surface area contributed by atoms with Crippen LogP contribution in [0.3, 0.4) is 0 Å². The first-order chi connectivity index (χ1) is 5.33. The minimum Gasteiger partial charge on any atom is -0.362 e. The Balaban J connectivity index is 2.18. The zero-order valence-corrected chi connectivity index (χ0v) is 8.60. The summed E-state index contributed by atoms with van der Waals surface area (Å²) in [5.74, 6) is 2.30. The highest BCUT2D eigenvalue weighted by Gasteiger charge is 2.08. The minimum absolute atomic E-state index is 0.550. The maximum absolute atomic E-state index is 4.32. The first kappa shape index (κ1) is 9.26. The van der Waals surface area contributed by atoms with Gasteiger partial charge in [-0.1, -0.05) is 11.8 Å². The third-order valence-corrected chi connectivity index (χ3v) is 3.11. The van der Waals surface area contributed by atoms with E-state index in [1.54, 1.807) is 0 Å². The molecule has 11 heavy (non-hydrogen) atoms. The summed E-state index contributed by atoms with van der Waals surface area (Å²) >= 11 is 3.69. The molecule has 64 valence electrons. The molecule has 4 heteroatoms. The molecule has 0 fully saturated rings. The Labute approximate surface area is 76.6 Å². The number of amidine groups is 1. The predicted molar refractivity (Wildman–Crippen MR) is 55.7 cm³/mol. The van der Waals surface area contributed by atoms with E-state index in [1.807, 2.05) is 23.5 Å². The second-order valence-corrected chi connectivity index (χ2v) is 4.53. The fourth-order valence-corrected chi connectivity index (χ4v) is 2.35. The van der Waals surface area contributed by atoms with Crippen LogP contribution in [0.5, 0.6) is 0 Å². The Kier molecular flexibility index (Phi) is 4.15. The van der Waals surface area contributed by atoms with Gasteiger partial charge in [-0.15, -0.1) is 0 Å². The van der Waals surface area contributed by atoms with Gasteiger partial charge in [0.1, 0.15) is 0 Å². The molecule has 1 N–H and O–H groups in total. The lowest BCUT2D eigenvalue weighted by Gasteiger charge is -2.12. The highest BCUT2D eigenvalue weighted by Crippen LogP contribution is 2.10. The van der Waals surface area contributed by atoms with Gasteiger partial charge in [-0.05, 0) is 13.2 Å². The van der Waals surface area contributed by atoms with Gasteiger partial charge >= 0.3 is 0 Å². The van der Waals surface area contributed by atoms with Gasteiger partial charge in [-0.3, -0.25) is 4.99 Å². The van der Waals surface area contributed by atoms with E-state index in [-0.39, 0.29) is 0 Å². The number of hydrogen-bond acceptors (Lipinski definition) is 4. The average molecular weight is 190 g/mol. The van der Waals surface area contributed by atoms with Gasteiger partial charge in [0.05, 0.1) is 6.54 Å². The second kappa shape index (κ2) is 4.93. The van der Waals surface area contributed by atoms with Crippen molar-refractivity contribution in [2.45, 2.75) is 13.0 Å². The maximum Gasteiger partial charge on any atom is 0.156 e. The van der Waals surface area contributed by atoms with Crippen molar-refractivity contribution in [1.82, 2.24) is 5.32 Å². The van der Waals surface area contributed by atoms with Crippen LogP contribution in [-0.4, -0.2) is 35.5 Å². The molecule has 0 aromatic heterocycles. The number of rotatable bonds is 3. The SMILES string of the molecule is CSCC(C)NC1=NCCS1. The van der Waals surface area contributed by atoms with E-state index in [1.165, 1.54) is 0 Å². The lowest BCUT2D eigenvalue weighted by atomic mass is 10.4. The van der Waals surface area contributed by atoms with Crippen molar-refractivity contribution in [1.29, 1.82) is 0 Å². The molecule has 1 atom stereocenters. The molecule has 0 bridgehead atoms. The lowest BCUT2D eigenvalue weighted by molar-refractivity contribution is 0.751. The number of nitrogens with one attached hydrogen (secondary N) is 1. The molecule has 0 spiro atoms. The van der Waals surface area contributed by atoms with Crippen molar-refractivity contribution in [2.75, 3.05) is 24.3 Å². The fraction of sp³-hybridized carbons (Fsp3) is 0.857. The lowest BCUT2D eigenvalue weighted by Crippen LogP contribution is -2.31. The molecule has 0 aliphatic carbocycles. The zero-order valence-electron chi connectivity index (χ0n) is 6.96. The van der Waals surface area contributed by atoms with Crippen LogP contribution >= 0.6 is 23.5 Å². The third-order valence-electron chi connectivity index (χ3n) is 1.37. The summed E-state index contributed by atoms with van der Waals surface area (Å²) in [6.45, 7) is 3.18. The third kappa shape index (κ3) is 3.38. The quantitative estimate of drug-likeness (QED) is 0.728. The Bertz CT molecular complexity index is 147. The predicted octanol–water partition coefficient (Wildman–Crippen LogP) is 1.43. The van der Waals surface area contributed by atoms with Gasteiger partial charge in [0, 0.05) is 17.5 Å². The molecule has 0 radical (unpaired) electrons. The van der Waals surface area contributed by atoms with Crippen LogP contribution in [-0.2, 0) is 0 Å². The summed E-state index contributed by atoms with van der Waals surface area (Å²) in [6, 6.07) is 0.550. The van der Waals surface area contributed by atoms with Crippen molar-refractivity contribution in [2.24, 2.45) is 4.99 Å². The largest absolute Gasteiger partial charge is 0.362 e. The van der Waals surface area contributed by atoms with Crippen LogP contribution in [0.25, 0.3) is 0 Å². The van der Waals surface area contributed by atoms with Crippen LogP contribution in [0.1, 0.15) is 6.92 Å². The smallest absolute Gasteiger partial charge is 0.156 e. The molecule has 2 nitrogen and oxygen atoms in total. The summed E-state index contributed by atoms with van der Waals surface area (Å²) in [5.41, 5.74) is 0. The molecule has 1 unspecified atom stereocenters. The first-order valence-corrected chi connectivity index (χ1v) is 6.13. The average Bonchev–Trinajstić information content (AvgIpc) is 2.40. The van der Waals surface area contributed by atoms with Gasteiger partial charge < -0.3 is 5.32 Å². The molecule has 1 rings (SSSR count). The number of nitrogens with zero attached hydrogens (tertiary/aromatic N) is 1. The Morgan fingerprint density at radius 2 is 2.64 bits per heavy atom. The van der Waals surface area contributed by atoms with E-state index in [0.29, 0.717) is 6.04 Å². The zero-order chi connectivity index (χ0) is 8.10. The molecule has 1 heterocycles. The maximum atomic E-state index is 4.32. The molecule has 0 amide bonds. The Hall–Kier alpha value is 0.170. The van der Waals surface area contributed by atoms with Gasteiger partial charge in [-0.25, -0.2) is 0 Å². The highest BCUT2D eigenvalue weighted by atomic mass is 32.2. The Morgan fingerprint density at radius 1 is 1.82 bits per heavy atom. The highest BCUT2D eigenvalue weighted by molar-refractivity contribution is 8.14. The van der Waals surface area contributed by atoms with Crippen LogP contribution in [0.2, 0.25) is 0 Å². The standard InChI is InChI=1S/C7H14N2S2/c1-6(5-10-2)9-7-8-3-4-11-7/h6H,3-5H2,1-2H3,(H,8,9). The number of thioether (sulfide) groups is 2. The topological polar surface area (TPSA) is 24.4 Å². The van der Waals surface area contributed by atoms with Crippen molar-refractivity contribution in [3.05, 3.63) is 0 Å². The second-order valence-electron chi connectivity index (χ2n) is 2.54. The minimum atomic E-state index is 0.550. The van der Waals surface area contributed by atoms with Crippen LogP contribution in [0.15, 0.2) is 4.99 Å². The molecule has 0 aromatic carbocycles. The van der Waals surface area contributed by atoms with Gasteiger partial charge in [-0.2, -0.15) is 11.8 Å². The van der Waals surface area contributed by atoms with E-state index < -0.39 is 0 Å². The number of aliphatic imine (C=N–C) groups is 1. The van der Waals surface area contributed by atoms with Crippen molar-refractivity contribution in [3.63, 3.8) is 0 Å². The first-order valence-electron chi connectivity index (χ1n) is 3.75. The molecule has 0 saturated heterocycles. The van der Waals surface area contributed by atoms with Crippen molar-refractivity contribution >= 4 is 28.7 Å². The fourth-order valence-electron chi connectivity index (χ4n) is 0.925. The molecule has 0 saturated carbocycles. The summed E-state index contributed by atoms with van der Waals surface area (Å²) in [6.07, 6.45) is 2.13. The van der Waals surface area contributed by atoms with E-state index in [0.717, 1.165) is 23.2 Å².